The monoisotopic (exact) mass is 306 g/mol. The third kappa shape index (κ3) is 4.05. The Morgan fingerprint density at radius 2 is 2.00 bits per heavy atom. The average Bonchev–Trinajstić information content (AvgIpc) is 2.55. The summed E-state index contributed by atoms with van der Waals surface area (Å²) in [5, 5.41) is 2.82. The molecular formula is C16H22N2O4. The van der Waals surface area contributed by atoms with E-state index in [1.807, 2.05) is 6.92 Å². The number of anilines is 1. The van der Waals surface area contributed by atoms with Crippen molar-refractivity contribution in [3.8, 4) is 0 Å². The summed E-state index contributed by atoms with van der Waals surface area (Å²) in [7, 11) is 0. The predicted molar refractivity (Wildman–Crippen MR) is 82.9 cm³/mol. The largest absolute Gasteiger partial charge is 0.462 e. The minimum absolute atomic E-state index is 0.140. The number of nitrogens with one attached hydrogen (secondary N) is 1. The molecule has 1 saturated heterocycles. The lowest BCUT2D eigenvalue weighted by Crippen LogP contribution is -2.47. The van der Waals surface area contributed by atoms with Gasteiger partial charge in [-0.2, -0.15) is 0 Å². The van der Waals surface area contributed by atoms with Crippen LogP contribution in [0.3, 0.4) is 0 Å². The van der Waals surface area contributed by atoms with Gasteiger partial charge in [0.25, 0.3) is 0 Å². The number of carbonyl (C=O) groups is 2. The van der Waals surface area contributed by atoms with Gasteiger partial charge in [-0.3, -0.25) is 9.69 Å². The zero-order chi connectivity index (χ0) is 15.9. The van der Waals surface area contributed by atoms with Gasteiger partial charge in [-0.15, -0.1) is 0 Å². The number of nitrogens with zero attached hydrogens (tertiary/aromatic N) is 1. The molecule has 1 heterocycles. The lowest BCUT2D eigenvalue weighted by atomic mass is 10.1. The maximum absolute atomic E-state index is 12.4. The quantitative estimate of drug-likeness (QED) is 0.836. The van der Waals surface area contributed by atoms with E-state index >= 15 is 0 Å². The number of esters is 1. The van der Waals surface area contributed by atoms with Gasteiger partial charge < -0.3 is 14.8 Å². The molecule has 1 N–H and O–H groups in total. The van der Waals surface area contributed by atoms with E-state index in [-0.39, 0.29) is 11.9 Å². The van der Waals surface area contributed by atoms with Crippen molar-refractivity contribution in [3.63, 3.8) is 0 Å². The van der Waals surface area contributed by atoms with Crippen LogP contribution in [0.5, 0.6) is 0 Å². The first kappa shape index (κ1) is 16.5. The summed E-state index contributed by atoms with van der Waals surface area (Å²) in [6, 6.07) is 6.59. The van der Waals surface area contributed by atoms with Gasteiger partial charge >= 0.3 is 5.97 Å². The summed E-state index contributed by atoms with van der Waals surface area (Å²) in [5.41, 5.74) is 0.845. The first-order valence-electron chi connectivity index (χ1n) is 7.52. The standard InChI is InChI=1S/C16H22N2O4/c1-3-22-16(20)13-6-4-5-7-14(13)17-15(19)12(2)18-8-10-21-11-9-18/h4-7,12H,3,8-11H2,1-2H3,(H,17,19)/t12-/m1/s1. The highest BCUT2D eigenvalue weighted by atomic mass is 16.5. The number of rotatable bonds is 5. The van der Waals surface area contributed by atoms with Gasteiger partial charge in [0.15, 0.2) is 0 Å². The van der Waals surface area contributed by atoms with E-state index in [0.29, 0.717) is 31.1 Å². The fourth-order valence-electron chi connectivity index (χ4n) is 2.35. The van der Waals surface area contributed by atoms with Gasteiger partial charge in [-0.05, 0) is 26.0 Å². The van der Waals surface area contributed by atoms with Gasteiger partial charge in [-0.1, -0.05) is 12.1 Å². The third-order valence-electron chi connectivity index (χ3n) is 3.65. The second-order valence-corrected chi connectivity index (χ2v) is 5.08. The van der Waals surface area contributed by atoms with E-state index in [2.05, 4.69) is 10.2 Å². The molecular weight excluding hydrogens is 284 g/mol. The molecule has 0 saturated carbocycles. The van der Waals surface area contributed by atoms with E-state index in [1.165, 1.54) is 0 Å². The Labute approximate surface area is 130 Å². The number of morpholine rings is 1. The molecule has 0 unspecified atom stereocenters. The van der Waals surface area contributed by atoms with E-state index in [1.54, 1.807) is 31.2 Å². The smallest absolute Gasteiger partial charge is 0.340 e. The molecule has 6 heteroatoms. The average molecular weight is 306 g/mol. The molecule has 0 aromatic heterocycles. The van der Waals surface area contributed by atoms with Crippen LogP contribution in [0.2, 0.25) is 0 Å². The van der Waals surface area contributed by atoms with Crippen LogP contribution in [0.15, 0.2) is 24.3 Å². The number of carbonyl (C=O) groups excluding carboxylic acids is 2. The van der Waals surface area contributed by atoms with Crippen LogP contribution < -0.4 is 5.32 Å². The molecule has 6 nitrogen and oxygen atoms in total. The second-order valence-electron chi connectivity index (χ2n) is 5.08. The van der Waals surface area contributed by atoms with Crippen LogP contribution in [0.1, 0.15) is 24.2 Å². The van der Waals surface area contributed by atoms with Crippen molar-refractivity contribution >= 4 is 17.6 Å². The second kappa shape index (κ2) is 7.91. The topological polar surface area (TPSA) is 67.9 Å². The SMILES string of the molecule is CCOC(=O)c1ccccc1NC(=O)[C@@H](C)N1CCOCC1. The molecule has 1 aromatic carbocycles. The van der Waals surface area contributed by atoms with Crippen LogP contribution in [-0.4, -0.2) is 55.7 Å². The Bertz CT molecular complexity index is 527. The highest BCUT2D eigenvalue weighted by Gasteiger charge is 2.24. The molecule has 2 rings (SSSR count). The van der Waals surface area contributed by atoms with Crippen molar-refractivity contribution < 1.29 is 19.1 Å². The summed E-state index contributed by atoms with van der Waals surface area (Å²) in [6.45, 7) is 6.63. The van der Waals surface area contributed by atoms with Crippen LogP contribution in [0.4, 0.5) is 5.69 Å². The van der Waals surface area contributed by atoms with Gasteiger partial charge in [0.1, 0.15) is 0 Å². The number of ether oxygens (including phenoxy) is 2. The molecule has 1 fully saturated rings. The zero-order valence-corrected chi connectivity index (χ0v) is 13.0. The maximum atomic E-state index is 12.4. The summed E-state index contributed by atoms with van der Waals surface area (Å²) < 4.78 is 10.3. The number of hydrogen-bond acceptors (Lipinski definition) is 5. The Morgan fingerprint density at radius 3 is 2.68 bits per heavy atom. The van der Waals surface area contributed by atoms with Crippen LogP contribution >= 0.6 is 0 Å². The Hall–Kier alpha value is -1.92. The van der Waals surface area contributed by atoms with Crippen LogP contribution in [-0.2, 0) is 14.3 Å². The van der Waals surface area contributed by atoms with Crippen molar-refractivity contribution in [3.05, 3.63) is 29.8 Å². The molecule has 1 atom stereocenters. The van der Waals surface area contributed by atoms with E-state index in [9.17, 15) is 9.59 Å². The van der Waals surface area contributed by atoms with E-state index < -0.39 is 5.97 Å². The van der Waals surface area contributed by atoms with Crippen molar-refractivity contribution in [2.24, 2.45) is 0 Å². The molecule has 0 radical (unpaired) electrons. The van der Waals surface area contributed by atoms with Crippen molar-refractivity contribution in [2.75, 3.05) is 38.2 Å². The van der Waals surface area contributed by atoms with Crippen molar-refractivity contribution in [1.29, 1.82) is 0 Å². The highest BCUT2D eigenvalue weighted by Crippen LogP contribution is 2.17. The van der Waals surface area contributed by atoms with Gasteiger partial charge in [0.05, 0.1) is 37.1 Å². The fourth-order valence-corrected chi connectivity index (χ4v) is 2.35. The normalized spacial score (nSPS) is 16.8. The van der Waals surface area contributed by atoms with E-state index in [0.717, 1.165) is 13.1 Å². The summed E-state index contributed by atoms with van der Waals surface area (Å²) in [5.74, 6) is -0.573. The molecule has 1 amide bonds. The minimum atomic E-state index is -0.433. The molecule has 120 valence electrons. The van der Waals surface area contributed by atoms with Gasteiger partial charge in [0, 0.05) is 13.1 Å². The number of para-hydroxylation sites is 1. The molecule has 0 aliphatic carbocycles. The van der Waals surface area contributed by atoms with Gasteiger partial charge in [0.2, 0.25) is 5.91 Å². The molecule has 1 aromatic rings. The molecule has 0 spiro atoms. The lowest BCUT2D eigenvalue weighted by Gasteiger charge is -2.31. The van der Waals surface area contributed by atoms with Gasteiger partial charge in [-0.25, -0.2) is 4.79 Å². The molecule has 1 aliphatic rings. The Balaban J connectivity index is 2.06. The first-order valence-corrected chi connectivity index (χ1v) is 7.52. The van der Waals surface area contributed by atoms with Crippen molar-refractivity contribution in [2.45, 2.75) is 19.9 Å². The number of benzene rings is 1. The highest BCUT2D eigenvalue weighted by molar-refractivity contribution is 6.02. The summed E-state index contributed by atoms with van der Waals surface area (Å²) in [6.07, 6.45) is 0. The fraction of sp³-hybridized carbons (Fsp3) is 0.500. The molecule has 22 heavy (non-hydrogen) atoms. The van der Waals surface area contributed by atoms with Crippen molar-refractivity contribution in [1.82, 2.24) is 4.90 Å². The van der Waals surface area contributed by atoms with E-state index in [4.69, 9.17) is 9.47 Å². The summed E-state index contributed by atoms with van der Waals surface area (Å²) >= 11 is 0. The lowest BCUT2D eigenvalue weighted by molar-refractivity contribution is -0.122. The maximum Gasteiger partial charge on any atom is 0.340 e. The third-order valence-corrected chi connectivity index (χ3v) is 3.65. The minimum Gasteiger partial charge on any atom is -0.462 e. The first-order chi connectivity index (χ1) is 10.6. The van der Waals surface area contributed by atoms with Crippen LogP contribution in [0, 0.1) is 0 Å². The number of hydrogen-bond donors (Lipinski definition) is 1. The predicted octanol–water partition coefficient (Wildman–Crippen LogP) is 1.52. The Morgan fingerprint density at radius 1 is 1.32 bits per heavy atom. The van der Waals surface area contributed by atoms with Crippen LogP contribution in [0.25, 0.3) is 0 Å². The zero-order valence-electron chi connectivity index (χ0n) is 13.0. The summed E-state index contributed by atoms with van der Waals surface area (Å²) in [4.78, 5) is 26.4. The Kier molecular flexibility index (Phi) is 5.91. The molecule has 1 aliphatic heterocycles. The molecule has 0 bridgehead atoms. The number of amides is 1.